The Morgan fingerprint density at radius 1 is 1.33 bits per heavy atom. The third-order valence-corrected chi connectivity index (χ3v) is 2.74. The molecule has 2 aliphatic rings. The molecule has 1 aliphatic heterocycles. The van der Waals surface area contributed by atoms with Gasteiger partial charge in [-0.3, -0.25) is 0 Å². The lowest BCUT2D eigenvalue weighted by Crippen LogP contribution is -2.41. The molecule has 5 N–H and O–H groups in total. The van der Waals surface area contributed by atoms with Crippen LogP contribution < -0.4 is 16.8 Å². The molecule has 2 fully saturated rings. The van der Waals surface area contributed by atoms with E-state index < -0.39 is 0 Å². The molecule has 1 saturated carbocycles. The standard InChI is InChI=1S/C6H13N3/c7-6(8)3-5(6)1-2-9-4-5/h9H,1-4,7-8H2. The second kappa shape index (κ2) is 1.31. The number of hydrogen-bond donors (Lipinski definition) is 3. The summed E-state index contributed by atoms with van der Waals surface area (Å²) >= 11 is 0. The molecular formula is C6H13N3. The van der Waals surface area contributed by atoms with Gasteiger partial charge in [-0.1, -0.05) is 0 Å². The van der Waals surface area contributed by atoms with Crippen LogP contribution in [0.1, 0.15) is 12.8 Å². The highest BCUT2D eigenvalue weighted by Gasteiger charge is 2.63. The Bertz CT molecular complexity index is 130. The summed E-state index contributed by atoms with van der Waals surface area (Å²) < 4.78 is 0. The van der Waals surface area contributed by atoms with E-state index in [9.17, 15) is 0 Å². The Balaban J connectivity index is 2.13. The van der Waals surface area contributed by atoms with Gasteiger partial charge in [0.25, 0.3) is 0 Å². The van der Waals surface area contributed by atoms with Crippen molar-refractivity contribution in [2.24, 2.45) is 16.9 Å². The second-order valence-electron chi connectivity index (χ2n) is 3.42. The number of nitrogens with two attached hydrogens (primary N) is 2. The Morgan fingerprint density at radius 3 is 2.22 bits per heavy atom. The fourth-order valence-electron chi connectivity index (χ4n) is 1.81. The van der Waals surface area contributed by atoms with Gasteiger partial charge in [-0.15, -0.1) is 0 Å². The lowest BCUT2D eigenvalue weighted by atomic mass is 10.0. The van der Waals surface area contributed by atoms with E-state index in [2.05, 4.69) is 5.32 Å². The van der Waals surface area contributed by atoms with Gasteiger partial charge in [-0.2, -0.15) is 0 Å². The van der Waals surface area contributed by atoms with Gasteiger partial charge >= 0.3 is 0 Å². The molecule has 2 rings (SSSR count). The molecule has 3 nitrogen and oxygen atoms in total. The van der Waals surface area contributed by atoms with E-state index in [4.69, 9.17) is 11.5 Å². The minimum atomic E-state index is -0.337. The number of hydrogen-bond acceptors (Lipinski definition) is 3. The van der Waals surface area contributed by atoms with Gasteiger partial charge in [0.05, 0.1) is 5.66 Å². The van der Waals surface area contributed by atoms with Gasteiger partial charge in [0.15, 0.2) is 0 Å². The molecule has 0 aromatic heterocycles. The van der Waals surface area contributed by atoms with Crippen molar-refractivity contribution in [3.63, 3.8) is 0 Å². The summed E-state index contributed by atoms with van der Waals surface area (Å²) in [5.41, 5.74) is 11.4. The SMILES string of the molecule is NC1(N)CC12CCNC2. The first-order chi connectivity index (χ1) is 4.16. The van der Waals surface area contributed by atoms with Crippen molar-refractivity contribution < 1.29 is 0 Å². The molecular weight excluding hydrogens is 114 g/mol. The zero-order valence-electron chi connectivity index (χ0n) is 5.48. The molecule has 1 aliphatic carbocycles. The van der Waals surface area contributed by atoms with E-state index in [1.807, 2.05) is 0 Å². The molecule has 0 aromatic rings. The van der Waals surface area contributed by atoms with Crippen LogP contribution in [0.3, 0.4) is 0 Å². The maximum absolute atomic E-state index is 5.74. The summed E-state index contributed by atoms with van der Waals surface area (Å²) in [4.78, 5) is 0. The molecule has 1 unspecified atom stereocenters. The molecule has 0 amide bonds. The minimum Gasteiger partial charge on any atom is -0.316 e. The van der Waals surface area contributed by atoms with Crippen LogP contribution in [0, 0.1) is 5.41 Å². The first-order valence-corrected chi connectivity index (χ1v) is 3.45. The maximum atomic E-state index is 5.74. The molecule has 0 bridgehead atoms. The highest BCUT2D eigenvalue weighted by atomic mass is 15.1. The third kappa shape index (κ3) is 0.569. The van der Waals surface area contributed by atoms with E-state index in [-0.39, 0.29) is 11.1 Å². The molecule has 1 spiro atoms. The zero-order chi connectivity index (χ0) is 6.54. The van der Waals surface area contributed by atoms with Crippen molar-refractivity contribution in [1.29, 1.82) is 0 Å². The summed E-state index contributed by atoms with van der Waals surface area (Å²) in [5.74, 6) is 0. The summed E-state index contributed by atoms with van der Waals surface area (Å²) in [6.07, 6.45) is 2.17. The molecule has 1 saturated heterocycles. The van der Waals surface area contributed by atoms with Gasteiger partial charge in [-0.05, 0) is 19.4 Å². The van der Waals surface area contributed by atoms with Crippen LogP contribution in [-0.2, 0) is 0 Å². The molecule has 0 radical (unpaired) electrons. The highest BCUT2D eigenvalue weighted by molar-refractivity contribution is 5.19. The normalized spacial score (nSPS) is 46.0. The van der Waals surface area contributed by atoms with Crippen molar-refractivity contribution in [3.05, 3.63) is 0 Å². The van der Waals surface area contributed by atoms with E-state index in [1.54, 1.807) is 0 Å². The summed E-state index contributed by atoms with van der Waals surface area (Å²) in [5, 5.41) is 3.27. The van der Waals surface area contributed by atoms with Gasteiger partial charge in [-0.25, -0.2) is 0 Å². The molecule has 1 heterocycles. The van der Waals surface area contributed by atoms with Crippen LogP contribution in [0.2, 0.25) is 0 Å². The van der Waals surface area contributed by atoms with Crippen molar-refractivity contribution in [3.8, 4) is 0 Å². The van der Waals surface area contributed by atoms with Gasteiger partial charge in [0.1, 0.15) is 0 Å². The summed E-state index contributed by atoms with van der Waals surface area (Å²) in [7, 11) is 0. The average molecular weight is 127 g/mol. The van der Waals surface area contributed by atoms with E-state index in [1.165, 1.54) is 6.42 Å². The lowest BCUT2D eigenvalue weighted by molar-refractivity contribution is 0.461. The van der Waals surface area contributed by atoms with Crippen molar-refractivity contribution in [1.82, 2.24) is 5.32 Å². The predicted octanol–water partition coefficient (Wildman–Crippen LogP) is -1.02. The Hall–Kier alpha value is -0.120. The topological polar surface area (TPSA) is 64.1 Å². The fourth-order valence-corrected chi connectivity index (χ4v) is 1.81. The second-order valence-corrected chi connectivity index (χ2v) is 3.42. The fraction of sp³-hybridized carbons (Fsp3) is 1.00. The zero-order valence-corrected chi connectivity index (χ0v) is 5.48. The lowest BCUT2D eigenvalue weighted by Gasteiger charge is -2.09. The first kappa shape index (κ1) is 5.65. The van der Waals surface area contributed by atoms with Gasteiger partial charge < -0.3 is 16.8 Å². The van der Waals surface area contributed by atoms with Crippen molar-refractivity contribution >= 4 is 0 Å². The van der Waals surface area contributed by atoms with Crippen LogP contribution >= 0.6 is 0 Å². The minimum absolute atomic E-state index is 0.285. The van der Waals surface area contributed by atoms with Crippen LogP contribution in [0.4, 0.5) is 0 Å². The van der Waals surface area contributed by atoms with Gasteiger partial charge in [0, 0.05) is 12.0 Å². The third-order valence-electron chi connectivity index (χ3n) is 2.74. The first-order valence-electron chi connectivity index (χ1n) is 3.45. The number of nitrogens with one attached hydrogen (secondary N) is 1. The smallest absolute Gasteiger partial charge is 0.0715 e. The Labute approximate surface area is 54.8 Å². The van der Waals surface area contributed by atoms with Gasteiger partial charge in [0.2, 0.25) is 0 Å². The van der Waals surface area contributed by atoms with Crippen molar-refractivity contribution in [2.75, 3.05) is 13.1 Å². The van der Waals surface area contributed by atoms with Crippen LogP contribution in [0.25, 0.3) is 0 Å². The molecule has 1 atom stereocenters. The maximum Gasteiger partial charge on any atom is 0.0715 e. The summed E-state index contributed by atoms with van der Waals surface area (Å²) in [6, 6.07) is 0. The quantitative estimate of drug-likeness (QED) is 0.365. The molecule has 0 aromatic carbocycles. The summed E-state index contributed by atoms with van der Waals surface area (Å²) in [6.45, 7) is 2.12. The van der Waals surface area contributed by atoms with Crippen LogP contribution in [0.5, 0.6) is 0 Å². The Morgan fingerprint density at radius 2 is 2.00 bits per heavy atom. The van der Waals surface area contributed by atoms with E-state index in [0.29, 0.717) is 0 Å². The Kier molecular flexibility index (Phi) is 0.822. The highest BCUT2D eigenvalue weighted by Crippen LogP contribution is 2.54. The molecule has 52 valence electrons. The van der Waals surface area contributed by atoms with Crippen molar-refractivity contribution in [2.45, 2.75) is 18.5 Å². The largest absolute Gasteiger partial charge is 0.316 e. The average Bonchev–Trinajstić information content (AvgIpc) is 2.27. The monoisotopic (exact) mass is 127 g/mol. The molecule has 9 heavy (non-hydrogen) atoms. The number of rotatable bonds is 0. The van der Waals surface area contributed by atoms with Crippen LogP contribution in [-0.4, -0.2) is 18.8 Å². The van der Waals surface area contributed by atoms with Crippen LogP contribution in [0.15, 0.2) is 0 Å². The van der Waals surface area contributed by atoms with E-state index in [0.717, 1.165) is 19.5 Å². The molecule has 3 heteroatoms. The van der Waals surface area contributed by atoms with E-state index >= 15 is 0 Å². The predicted molar refractivity (Wildman–Crippen MR) is 35.6 cm³/mol.